The Balaban J connectivity index is 1.42. The van der Waals surface area contributed by atoms with Gasteiger partial charge in [-0.25, -0.2) is 0 Å². The molecule has 0 aromatic heterocycles. The summed E-state index contributed by atoms with van der Waals surface area (Å²) in [6, 6.07) is 0. The van der Waals surface area contributed by atoms with Crippen LogP contribution in [0, 0.1) is 5.92 Å². The van der Waals surface area contributed by atoms with E-state index in [0.29, 0.717) is 6.10 Å². The number of rotatable bonds is 4. The Labute approximate surface area is 128 Å². The fraction of sp³-hybridized carbons (Fsp3) is 1.00. The summed E-state index contributed by atoms with van der Waals surface area (Å²) in [5.41, 5.74) is 0. The van der Waals surface area contributed by atoms with E-state index in [4.69, 9.17) is 9.47 Å². The van der Waals surface area contributed by atoms with Crippen LogP contribution in [0.4, 0.5) is 0 Å². The number of likely N-dealkylation sites (tertiary alicyclic amines) is 1. The van der Waals surface area contributed by atoms with Crippen molar-refractivity contribution in [1.82, 2.24) is 15.1 Å². The third kappa shape index (κ3) is 4.89. The summed E-state index contributed by atoms with van der Waals surface area (Å²) in [7, 11) is 0. The molecule has 122 valence electrons. The van der Waals surface area contributed by atoms with Gasteiger partial charge in [-0.15, -0.1) is 0 Å². The predicted molar refractivity (Wildman–Crippen MR) is 83.4 cm³/mol. The molecule has 0 aromatic rings. The highest BCUT2D eigenvalue weighted by atomic mass is 16.6. The minimum Gasteiger partial charge on any atom is -0.376 e. The van der Waals surface area contributed by atoms with Crippen molar-refractivity contribution in [2.24, 2.45) is 5.92 Å². The molecular weight excluding hydrogens is 266 g/mol. The Morgan fingerprint density at radius 2 is 1.95 bits per heavy atom. The molecule has 5 nitrogen and oxygen atoms in total. The second-order valence-corrected chi connectivity index (χ2v) is 6.94. The standard InChI is InChI=1S/C16H31N3O2/c1-14-11-20-12-16(21-14)9-15-3-2-6-19(10-15)13-18-7-4-17-5-8-18/h14-17H,2-13H2,1H3/t14-,15?,16?/m0/s1. The Morgan fingerprint density at radius 1 is 1.10 bits per heavy atom. The maximum absolute atomic E-state index is 6.01. The Kier molecular flexibility index (Phi) is 5.89. The summed E-state index contributed by atoms with van der Waals surface area (Å²) in [6.07, 6.45) is 4.44. The van der Waals surface area contributed by atoms with E-state index in [-0.39, 0.29) is 6.10 Å². The van der Waals surface area contributed by atoms with Gasteiger partial charge >= 0.3 is 0 Å². The highest BCUT2D eigenvalue weighted by molar-refractivity contribution is 4.78. The minimum absolute atomic E-state index is 0.268. The molecule has 0 saturated carbocycles. The topological polar surface area (TPSA) is 37.0 Å². The maximum Gasteiger partial charge on any atom is 0.0816 e. The van der Waals surface area contributed by atoms with Gasteiger partial charge in [-0.1, -0.05) is 0 Å². The van der Waals surface area contributed by atoms with Crippen LogP contribution in [0.3, 0.4) is 0 Å². The lowest BCUT2D eigenvalue weighted by atomic mass is 9.92. The monoisotopic (exact) mass is 297 g/mol. The van der Waals surface area contributed by atoms with Gasteiger partial charge in [0.1, 0.15) is 0 Å². The number of ether oxygens (including phenoxy) is 2. The van der Waals surface area contributed by atoms with Crippen LogP contribution < -0.4 is 5.32 Å². The molecular formula is C16H31N3O2. The van der Waals surface area contributed by atoms with Gasteiger partial charge in [-0.2, -0.15) is 0 Å². The maximum atomic E-state index is 6.01. The highest BCUT2D eigenvalue weighted by Crippen LogP contribution is 2.24. The van der Waals surface area contributed by atoms with E-state index < -0.39 is 0 Å². The molecule has 0 amide bonds. The number of piperidine rings is 1. The molecule has 3 rings (SSSR count). The minimum atomic E-state index is 0.268. The quantitative estimate of drug-likeness (QED) is 0.829. The fourth-order valence-electron chi connectivity index (χ4n) is 3.88. The summed E-state index contributed by atoms with van der Waals surface area (Å²) < 4.78 is 11.6. The lowest BCUT2D eigenvalue weighted by molar-refractivity contribution is -0.138. The lowest BCUT2D eigenvalue weighted by Crippen LogP contribution is -2.50. The summed E-state index contributed by atoms with van der Waals surface area (Å²) >= 11 is 0. The molecule has 0 aromatic carbocycles. The number of nitrogens with zero attached hydrogens (tertiary/aromatic N) is 2. The average Bonchev–Trinajstić information content (AvgIpc) is 2.49. The first-order valence-corrected chi connectivity index (χ1v) is 8.68. The SMILES string of the molecule is C[C@H]1COCC(CC2CCCN(CN3CCNCC3)C2)O1. The van der Waals surface area contributed by atoms with Crippen LogP contribution >= 0.6 is 0 Å². The second kappa shape index (κ2) is 7.88. The molecule has 5 heteroatoms. The van der Waals surface area contributed by atoms with Crippen LogP contribution in [-0.4, -0.2) is 81.2 Å². The van der Waals surface area contributed by atoms with Crippen molar-refractivity contribution < 1.29 is 9.47 Å². The summed E-state index contributed by atoms with van der Waals surface area (Å²) in [5, 5.41) is 3.43. The van der Waals surface area contributed by atoms with Crippen molar-refractivity contribution in [3.63, 3.8) is 0 Å². The van der Waals surface area contributed by atoms with E-state index in [9.17, 15) is 0 Å². The molecule has 3 saturated heterocycles. The van der Waals surface area contributed by atoms with Crippen LogP contribution in [0.5, 0.6) is 0 Å². The molecule has 0 radical (unpaired) electrons. The van der Waals surface area contributed by atoms with E-state index >= 15 is 0 Å². The van der Waals surface area contributed by atoms with Crippen molar-refractivity contribution >= 4 is 0 Å². The smallest absolute Gasteiger partial charge is 0.0816 e. The molecule has 2 unspecified atom stereocenters. The normalized spacial score (nSPS) is 36.7. The predicted octanol–water partition coefficient (Wildman–Crippen LogP) is 0.755. The van der Waals surface area contributed by atoms with Crippen LogP contribution in [-0.2, 0) is 9.47 Å². The third-order valence-corrected chi connectivity index (χ3v) is 4.89. The molecule has 0 aliphatic carbocycles. The molecule has 3 aliphatic rings. The fourth-order valence-corrected chi connectivity index (χ4v) is 3.88. The third-order valence-electron chi connectivity index (χ3n) is 4.89. The van der Waals surface area contributed by atoms with Crippen molar-refractivity contribution in [1.29, 1.82) is 0 Å². The molecule has 3 fully saturated rings. The molecule has 0 spiro atoms. The molecule has 3 atom stereocenters. The molecule has 21 heavy (non-hydrogen) atoms. The first-order valence-electron chi connectivity index (χ1n) is 8.68. The molecule has 1 N–H and O–H groups in total. The second-order valence-electron chi connectivity index (χ2n) is 6.94. The lowest BCUT2D eigenvalue weighted by Gasteiger charge is -2.39. The van der Waals surface area contributed by atoms with Gasteiger partial charge in [-0.3, -0.25) is 9.80 Å². The number of nitrogens with one attached hydrogen (secondary N) is 1. The van der Waals surface area contributed by atoms with Crippen LogP contribution in [0.25, 0.3) is 0 Å². The Bertz CT molecular complexity index is 310. The Hall–Kier alpha value is -0.200. The Morgan fingerprint density at radius 3 is 2.76 bits per heavy atom. The van der Waals surface area contributed by atoms with Crippen molar-refractivity contribution in [2.45, 2.75) is 38.4 Å². The number of hydrogen-bond donors (Lipinski definition) is 1. The largest absolute Gasteiger partial charge is 0.376 e. The summed E-state index contributed by atoms with van der Waals surface area (Å²) in [6.45, 7) is 12.0. The summed E-state index contributed by atoms with van der Waals surface area (Å²) in [4.78, 5) is 5.23. The van der Waals surface area contributed by atoms with Crippen LogP contribution in [0.2, 0.25) is 0 Å². The zero-order chi connectivity index (χ0) is 14.5. The molecule has 0 bridgehead atoms. The van der Waals surface area contributed by atoms with Crippen LogP contribution in [0.1, 0.15) is 26.2 Å². The first-order chi connectivity index (χ1) is 10.3. The number of hydrogen-bond acceptors (Lipinski definition) is 5. The highest BCUT2D eigenvalue weighted by Gasteiger charge is 2.27. The van der Waals surface area contributed by atoms with Crippen LogP contribution in [0.15, 0.2) is 0 Å². The van der Waals surface area contributed by atoms with Gasteiger partial charge in [0.2, 0.25) is 0 Å². The zero-order valence-electron chi connectivity index (χ0n) is 13.4. The van der Waals surface area contributed by atoms with Crippen molar-refractivity contribution in [3.05, 3.63) is 0 Å². The number of piperazine rings is 1. The van der Waals surface area contributed by atoms with Crippen molar-refractivity contribution in [3.8, 4) is 0 Å². The first kappa shape index (κ1) is 15.7. The summed E-state index contributed by atoms with van der Waals surface area (Å²) in [5.74, 6) is 0.778. The van der Waals surface area contributed by atoms with E-state index in [1.54, 1.807) is 0 Å². The van der Waals surface area contributed by atoms with Gasteiger partial charge in [0.15, 0.2) is 0 Å². The van der Waals surface area contributed by atoms with Gasteiger partial charge in [0, 0.05) is 32.7 Å². The van der Waals surface area contributed by atoms with E-state index in [0.717, 1.165) is 38.9 Å². The van der Waals surface area contributed by atoms with Gasteiger partial charge in [-0.05, 0) is 38.6 Å². The van der Waals surface area contributed by atoms with E-state index in [1.165, 1.54) is 45.4 Å². The van der Waals surface area contributed by atoms with Gasteiger partial charge in [0.25, 0.3) is 0 Å². The van der Waals surface area contributed by atoms with Gasteiger partial charge in [0.05, 0.1) is 32.1 Å². The zero-order valence-corrected chi connectivity index (χ0v) is 13.4. The van der Waals surface area contributed by atoms with Gasteiger partial charge < -0.3 is 14.8 Å². The van der Waals surface area contributed by atoms with E-state index in [2.05, 4.69) is 22.0 Å². The molecule has 3 aliphatic heterocycles. The van der Waals surface area contributed by atoms with E-state index in [1.807, 2.05) is 0 Å². The van der Waals surface area contributed by atoms with Crippen molar-refractivity contribution in [2.75, 3.05) is 59.2 Å². The molecule has 3 heterocycles. The average molecular weight is 297 g/mol.